The summed E-state index contributed by atoms with van der Waals surface area (Å²) in [5.41, 5.74) is 17.4. The highest BCUT2D eigenvalue weighted by molar-refractivity contribution is 6.11. The number of hydrogen-bond donors (Lipinski definition) is 0. The highest BCUT2D eigenvalue weighted by Gasteiger charge is 2.52. The number of hydrogen-bond acceptors (Lipinski definition) is 2. The Kier molecular flexibility index (Phi) is 5.89. The standard InChI is InChI=1S/C47H28N2/c48-27-30-24-35(29-49-28-30)32-20-18-31(19-21-32)34-22-23-40-44(25-34)47(42-16-8-6-13-37(42)38-14-7-9-17-43(38)47)45-26-41(33-10-2-1-3-11-33)36-12-4-5-15-39(36)46(40)45/h1-26,28-29H. The van der Waals surface area contributed by atoms with Crippen LogP contribution in [0.1, 0.15) is 27.8 Å². The van der Waals surface area contributed by atoms with E-state index in [2.05, 4.69) is 163 Å². The summed E-state index contributed by atoms with van der Waals surface area (Å²) in [5.74, 6) is 0. The average molecular weight is 621 g/mol. The van der Waals surface area contributed by atoms with Crippen molar-refractivity contribution in [3.05, 3.63) is 198 Å². The molecule has 0 N–H and O–H groups in total. The van der Waals surface area contributed by atoms with E-state index in [0.29, 0.717) is 5.56 Å². The molecule has 0 saturated heterocycles. The van der Waals surface area contributed by atoms with Gasteiger partial charge in [0.1, 0.15) is 6.07 Å². The molecular weight excluding hydrogens is 593 g/mol. The summed E-state index contributed by atoms with van der Waals surface area (Å²) in [7, 11) is 0. The molecule has 0 amide bonds. The molecule has 49 heavy (non-hydrogen) atoms. The predicted octanol–water partition coefficient (Wildman–Crippen LogP) is 11.5. The first-order valence-electron chi connectivity index (χ1n) is 16.7. The molecule has 2 heteroatoms. The van der Waals surface area contributed by atoms with Crippen LogP contribution < -0.4 is 0 Å². The van der Waals surface area contributed by atoms with Crippen molar-refractivity contribution in [3.63, 3.8) is 0 Å². The molecule has 0 radical (unpaired) electrons. The van der Waals surface area contributed by atoms with Gasteiger partial charge in [-0.25, -0.2) is 0 Å². The zero-order chi connectivity index (χ0) is 32.5. The molecule has 1 spiro atoms. The van der Waals surface area contributed by atoms with Crippen LogP contribution in [-0.2, 0) is 5.41 Å². The Labute approximate surface area is 285 Å². The molecule has 0 aliphatic heterocycles. The van der Waals surface area contributed by atoms with Gasteiger partial charge in [-0.2, -0.15) is 5.26 Å². The number of pyridine rings is 1. The van der Waals surface area contributed by atoms with Gasteiger partial charge < -0.3 is 0 Å². The maximum atomic E-state index is 9.40. The van der Waals surface area contributed by atoms with Crippen molar-refractivity contribution in [2.24, 2.45) is 0 Å². The summed E-state index contributed by atoms with van der Waals surface area (Å²) in [6, 6.07) is 60.0. The largest absolute Gasteiger partial charge is 0.263 e. The van der Waals surface area contributed by atoms with E-state index in [0.717, 1.165) is 16.7 Å². The summed E-state index contributed by atoms with van der Waals surface area (Å²) >= 11 is 0. The molecule has 8 aromatic rings. The lowest BCUT2D eigenvalue weighted by molar-refractivity contribution is 0.795. The Bertz CT molecular complexity index is 2620. The van der Waals surface area contributed by atoms with E-state index in [1.807, 2.05) is 12.3 Å². The SMILES string of the molecule is N#Cc1cncc(-c2ccc(-c3ccc4c(c3)C3(c5ccccc5-c5ccccc53)c3cc(-c5ccccc5)c5ccccc5c3-4)cc2)c1. The van der Waals surface area contributed by atoms with Crippen LogP contribution in [0.4, 0.5) is 0 Å². The third-order valence-electron chi connectivity index (χ3n) is 10.6. The molecular formula is C47H28N2. The minimum absolute atomic E-state index is 0.467. The van der Waals surface area contributed by atoms with Crippen LogP contribution in [0.2, 0.25) is 0 Å². The van der Waals surface area contributed by atoms with Crippen molar-refractivity contribution in [2.75, 3.05) is 0 Å². The van der Waals surface area contributed by atoms with Gasteiger partial charge in [0.25, 0.3) is 0 Å². The van der Waals surface area contributed by atoms with Crippen molar-refractivity contribution in [3.8, 4) is 61.7 Å². The monoisotopic (exact) mass is 620 g/mol. The summed E-state index contributed by atoms with van der Waals surface area (Å²) in [4.78, 5) is 4.27. The predicted molar refractivity (Wildman–Crippen MR) is 199 cm³/mol. The average Bonchev–Trinajstić information content (AvgIpc) is 3.65. The zero-order valence-electron chi connectivity index (χ0n) is 26.6. The van der Waals surface area contributed by atoms with Crippen molar-refractivity contribution in [1.29, 1.82) is 5.26 Å². The third-order valence-corrected chi connectivity index (χ3v) is 10.6. The van der Waals surface area contributed by atoms with Gasteiger partial charge in [-0.3, -0.25) is 4.98 Å². The first kappa shape index (κ1) is 27.5. The number of nitrogens with zero attached hydrogens (tertiary/aromatic N) is 2. The van der Waals surface area contributed by atoms with Gasteiger partial charge in [-0.05, 0) is 101 Å². The van der Waals surface area contributed by atoms with Crippen LogP contribution in [0, 0.1) is 11.3 Å². The van der Waals surface area contributed by atoms with Crippen LogP contribution in [0.3, 0.4) is 0 Å². The molecule has 0 bridgehead atoms. The van der Waals surface area contributed by atoms with Crippen molar-refractivity contribution < 1.29 is 0 Å². The maximum absolute atomic E-state index is 9.40. The van der Waals surface area contributed by atoms with Crippen LogP contribution in [0.15, 0.2) is 170 Å². The lowest BCUT2D eigenvalue weighted by atomic mass is 9.69. The summed E-state index contributed by atoms with van der Waals surface area (Å²) in [6.45, 7) is 0. The van der Waals surface area contributed by atoms with E-state index in [9.17, 15) is 5.26 Å². The second-order valence-corrected chi connectivity index (χ2v) is 13.0. The van der Waals surface area contributed by atoms with E-state index in [1.54, 1.807) is 6.20 Å². The quantitative estimate of drug-likeness (QED) is 0.197. The molecule has 0 fully saturated rings. The number of aromatic nitrogens is 1. The van der Waals surface area contributed by atoms with Crippen molar-refractivity contribution in [1.82, 2.24) is 4.98 Å². The van der Waals surface area contributed by atoms with E-state index in [1.165, 1.54) is 72.0 Å². The lowest BCUT2D eigenvalue weighted by Crippen LogP contribution is -2.26. The van der Waals surface area contributed by atoms with Gasteiger partial charge in [0.05, 0.1) is 11.0 Å². The van der Waals surface area contributed by atoms with Crippen LogP contribution in [0.25, 0.3) is 66.4 Å². The van der Waals surface area contributed by atoms with E-state index < -0.39 is 5.41 Å². The zero-order valence-corrected chi connectivity index (χ0v) is 26.6. The Balaban J connectivity index is 1.26. The Morgan fingerprint density at radius 3 is 1.73 bits per heavy atom. The minimum atomic E-state index is -0.467. The normalized spacial score (nSPS) is 13.0. The number of benzene rings is 7. The fraction of sp³-hybridized carbons (Fsp3) is 0.0213. The molecule has 1 heterocycles. The fourth-order valence-corrected chi connectivity index (χ4v) is 8.54. The molecule has 2 nitrogen and oxygen atoms in total. The van der Waals surface area contributed by atoms with Gasteiger partial charge in [-0.1, -0.05) is 140 Å². The van der Waals surface area contributed by atoms with E-state index in [4.69, 9.17) is 0 Å². The maximum Gasteiger partial charge on any atom is 0.101 e. The molecule has 7 aromatic carbocycles. The van der Waals surface area contributed by atoms with Gasteiger partial charge in [0.2, 0.25) is 0 Å². The second kappa shape index (κ2) is 10.5. The van der Waals surface area contributed by atoms with Crippen LogP contribution >= 0.6 is 0 Å². The van der Waals surface area contributed by atoms with Gasteiger partial charge in [0.15, 0.2) is 0 Å². The minimum Gasteiger partial charge on any atom is -0.263 e. The highest BCUT2D eigenvalue weighted by atomic mass is 14.6. The van der Waals surface area contributed by atoms with Gasteiger partial charge in [0, 0.05) is 18.0 Å². The van der Waals surface area contributed by atoms with Crippen molar-refractivity contribution in [2.45, 2.75) is 5.41 Å². The molecule has 0 atom stereocenters. The van der Waals surface area contributed by atoms with Crippen molar-refractivity contribution >= 4 is 10.8 Å². The Morgan fingerprint density at radius 1 is 0.408 bits per heavy atom. The Hall–Kier alpha value is -6.56. The molecule has 0 saturated carbocycles. The summed E-state index contributed by atoms with van der Waals surface area (Å²) in [5, 5.41) is 11.9. The van der Waals surface area contributed by atoms with E-state index >= 15 is 0 Å². The number of rotatable bonds is 3. The highest BCUT2D eigenvalue weighted by Crippen LogP contribution is 2.64. The topological polar surface area (TPSA) is 36.7 Å². The summed E-state index contributed by atoms with van der Waals surface area (Å²) < 4.78 is 0. The fourth-order valence-electron chi connectivity index (χ4n) is 8.54. The van der Waals surface area contributed by atoms with Gasteiger partial charge >= 0.3 is 0 Å². The molecule has 2 aliphatic carbocycles. The summed E-state index contributed by atoms with van der Waals surface area (Å²) in [6.07, 6.45) is 3.41. The molecule has 1 aromatic heterocycles. The molecule has 226 valence electrons. The molecule has 0 unspecified atom stereocenters. The molecule has 10 rings (SSSR count). The first-order chi connectivity index (χ1) is 24.3. The number of fused-ring (bicyclic) bond motifs is 12. The number of nitriles is 1. The lowest BCUT2D eigenvalue weighted by Gasteiger charge is -2.31. The second-order valence-electron chi connectivity index (χ2n) is 13.0. The smallest absolute Gasteiger partial charge is 0.101 e. The van der Waals surface area contributed by atoms with Crippen LogP contribution in [0.5, 0.6) is 0 Å². The third kappa shape index (κ3) is 3.85. The van der Waals surface area contributed by atoms with E-state index in [-0.39, 0.29) is 0 Å². The Morgan fingerprint density at radius 2 is 1.02 bits per heavy atom. The van der Waals surface area contributed by atoms with Gasteiger partial charge in [-0.15, -0.1) is 0 Å². The first-order valence-corrected chi connectivity index (χ1v) is 16.7. The van der Waals surface area contributed by atoms with Crippen LogP contribution in [-0.4, -0.2) is 4.98 Å². The molecule has 2 aliphatic rings.